The largest absolute Gasteiger partial charge is 0.406 e. The highest BCUT2D eigenvalue weighted by molar-refractivity contribution is 7.13. The van der Waals surface area contributed by atoms with Crippen molar-refractivity contribution in [3.63, 3.8) is 0 Å². The number of hydrogen-bond donors (Lipinski definition) is 0. The summed E-state index contributed by atoms with van der Waals surface area (Å²) in [6, 6.07) is 7.78. The fourth-order valence-corrected chi connectivity index (χ4v) is 3.01. The number of carbonyl (C=O) groups is 1. The number of aromatic nitrogens is 1. The van der Waals surface area contributed by atoms with E-state index in [2.05, 4.69) is 4.98 Å². The summed E-state index contributed by atoms with van der Waals surface area (Å²) >= 11 is 1.05. The summed E-state index contributed by atoms with van der Waals surface area (Å²) < 4.78 is 43.5. The maximum absolute atomic E-state index is 12.9. The molecule has 0 fully saturated rings. The average Bonchev–Trinajstić information content (AvgIpc) is 2.85. The van der Waals surface area contributed by atoms with Crippen LogP contribution in [0.5, 0.6) is 0 Å². The molecule has 0 bridgehead atoms. The van der Waals surface area contributed by atoms with Crippen molar-refractivity contribution < 1.29 is 22.7 Å². The number of methoxy groups -OCH3 is 1. The van der Waals surface area contributed by atoms with Crippen molar-refractivity contribution in [3.8, 4) is 0 Å². The van der Waals surface area contributed by atoms with Crippen LogP contribution >= 0.6 is 11.3 Å². The zero-order valence-electron chi connectivity index (χ0n) is 12.6. The first-order valence-electron chi connectivity index (χ1n) is 6.70. The number of hydrogen-bond acceptors (Lipinski definition) is 4. The van der Waals surface area contributed by atoms with Gasteiger partial charge < -0.3 is 4.74 Å². The highest BCUT2D eigenvalue weighted by atomic mass is 32.1. The lowest BCUT2D eigenvalue weighted by molar-refractivity contribution is -0.118. The van der Waals surface area contributed by atoms with E-state index in [0.717, 1.165) is 16.2 Å². The van der Waals surface area contributed by atoms with Crippen molar-refractivity contribution in [2.24, 2.45) is 0 Å². The second-order valence-corrected chi connectivity index (χ2v) is 5.88. The Morgan fingerprint density at radius 2 is 1.96 bits per heavy atom. The number of rotatable bonds is 5. The predicted molar refractivity (Wildman–Crippen MR) is 81.7 cm³/mol. The third-order valence-electron chi connectivity index (χ3n) is 2.95. The number of alkyl halides is 3. The number of para-hydroxylation sites is 1. The summed E-state index contributed by atoms with van der Waals surface area (Å²) in [6.07, 6.45) is -4.50. The number of ether oxygens (including phenoxy) is 1. The topological polar surface area (TPSA) is 42.4 Å². The normalized spacial score (nSPS) is 11.5. The highest BCUT2D eigenvalue weighted by Crippen LogP contribution is 2.27. The molecule has 0 aliphatic heterocycles. The quantitative estimate of drug-likeness (QED) is 0.828. The Morgan fingerprint density at radius 3 is 2.52 bits per heavy atom. The van der Waals surface area contributed by atoms with E-state index >= 15 is 0 Å². The van der Waals surface area contributed by atoms with Crippen LogP contribution in [-0.2, 0) is 11.3 Å². The molecular formula is C15H15F3N2O2S. The van der Waals surface area contributed by atoms with Crippen LogP contribution in [0.25, 0.3) is 0 Å². The average molecular weight is 344 g/mol. The Hall–Kier alpha value is -1.93. The minimum absolute atomic E-state index is 0.185. The number of thiazole rings is 1. The zero-order chi connectivity index (χ0) is 17.0. The molecule has 124 valence electrons. The van der Waals surface area contributed by atoms with Gasteiger partial charge in [0.1, 0.15) is 16.4 Å². The molecule has 0 radical (unpaired) electrons. The van der Waals surface area contributed by atoms with Gasteiger partial charge in [-0.25, -0.2) is 4.98 Å². The molecule has 1 heterocycles. The molecule has 0 saturated heterocycles. The zero-order valence-corrected chi connectivity index (χ0v) is 13.4. The Balaban J connectivity index is 2.37. The number of benzene rings is 1. The molecule has 0 aliphatic rings. The summed E-state index contributed by atoms with van der Waals surface area (Å²) in [5.74, 6) is -0.717. The molecule has 4 nitrogen and oxygen atoms in total. The van der Waals surface area contributed by atoms with E-state index in [4.69, 9.17) is 4.74 Å². The van der Waals surface area contributed by atoms with Gasteiger partial charge in [0.15, 0.2) is 0 Å². The summed E-state index contributed by atoms with van der Waals surface area (Å²) in [4.78, 5) is 17.7. The Labute approximate surface area is 135 Å². The van der Waals surface area contributed by atoms with Crippen LogP contribution in [0.4, 0.5) is 18.9 Å². The minimum atomic E-state index is -4.50. The summed E-state index contributed by atoms with van der Waals surface area (Å²) in [7, 11) is 1.48. The molecule has 0 saturated carbocycles. The highest BCUT2D eigenvalue weighted by Gasteiger charge is 2.35. The maximum Gasteiger partial charge on any atom is 0.406 e. The van der Waals surface area contributed by atoms with Crippen LogP contribution in [0.15, 0.2) is 30.3 Å². The van der Waals surface area contributed by atoms with Crippen molar-refractivity contribution in [2.75, 3.05) is 18.6 Å². The molecule has 2 rings (SSSR count). The molecule has 0 unspecified atom stereocenters. The molecule has 1 amide bonds. The summed E-state index contributed by atoms with van der Waals surface area (Å²) in [6.45, 7) is 0.454. The minimum Gasteiger partial charge on any atom is -0.378 e. The lowest BCUT2D eigenvalue weighted by atomic mass is 10.2. The third kappa shape index (κ3) is 4.52. The molecule has 23 heavy (non-hydrogen) atoms. The first-order chi connectivity index (χ1) is 10.8. The van der Waals surface area contributed by atoms with E-state index in [-0.39, 0.29) is 17.2 Å². The number of amides is 1. The lowest BCUT2D eigenvalue weighted by Crippen LogP contribution is -2.39. The maximum atomic E-state index is 12.9. The molecule has 8 heteroatoms. The molecule has 0 aliphatic carbocycles. The number of carbonyl (C=O) groups excluding carboxylic acids is 1. The molecule has 0 spiro atoms. The van der Waals surface area contributed by atoms with E-state index < -0.39 is 18.6 Å². The van der Waals surface area contributed by atoms with Crippen LogP contribution in [0.1, 0.15) is 20.4 Å². The number of anilines is 1. The van der Waals surface area contributed by atoms with Gasteiger partial charge in [-0.15, -0.1) is 11.3 Å². The predicted octanol–water partition coefficient (Wildman–Crippen LogP) is 3.81. The van der Waals surface area contributed by atoms with Crippen LogP contribution in [-0.4, -0.2) is 30.7 Å². The first-order valence-corrected chi connectivity index (χ1v) is 7.52. The Morgan fingerprint density at radius 1 is 1.30 bits per heavy atom. The fraction of sp³-hybridized carbons (Fsp3) is 0.333. The SMILES string of the molecule is COCc1nc(C)c(C(=O)N(CC(F)(F)F)c2ccccc2)s1. The Bertz CT molecular complexity index is 671. The van der Waals surface area contributed by atoms with Crippen LogP contribution in [0.2, 0.25) is 0 Å². The van der Waals surface area contributed by atoms with E-state index in [1.54, 1.807) is 25.1 Å². The molecule has 1 aromatic carbocycles. The van der Waals surface area contributed by atoms with Gasteiger partial charge in [0.2, 0.25) is 0 Å². The number of nitrogens with zero attached hydrogens (tertiary/aromatic N) is 2. The Kier molecular flexibility index (Phi) is 5.38. The number of halogens is 3. The van der Waals surface area contributed by atoms with Gasteiger partial charge >= 0.3 is 6.18 Å². The molecule has 0 atom stereocenters. The van der Waals surface area contributed by atoms with Crippen LogP contribution < -0.4 is 4.90 Å². The van der Waals surface area contributed by atoms with Crippen molar-refractivity contribution in [1.29, 1.82) is 0 Å². The van der Waals surface area contributed by atoms with Crippen molar-refractivity contribution in [3.05, 3.63) is 45.9 Å². The van der Waals surface area contributed by atoms with Crippen LogP contribution in [0.3, 0.4) is 0 Å². The molecule has 2 aromatic rings. The molecule has 0 N–H and O–H groups in total. The number of aryl methyl sites for hydroxylation is 1. The molecular weight excluding hydrogens is 329 g/mol. The summed E-state index contributed by atoms with van der Waals surface area (Å²) in [5, 5.41) is 0.549. The van der Waals surface area contributed by atoms with Gasteiger partial charge in [-0.3, -0.25) is 9.69 Å². The van der Waals surface area contributed by atoms with Gasteiger partial charge in [0.05, 0.1) is 12.3 Å². The standard InChI is InChI=1S/C15H15F3N2O2S/c1-10-13(23-12(19-10)8-22-2)14(21)20(9-15(16,17)18)11-6-4-3-5-7-11/h3-7H,8-9H2,1-2H3. The monoisotopic (exact) mass is 344 g/mol. The van der Waals surface area contributed by atoms with Crippen LogP contribution in [0, 0.1) is 6.92 Å². The van der Waals surface area contributed by atoms with E-state index in [1.165, 1.54) is 19.2 Å². The van der Waals surface area contributed by atoms with E-state index in [0.29, 0.717) is 10.7 Å². The van der Waals surface area contributed by atoms with E-state index in [1.807, 2.05) is 0 Å². The second-order valence-electron chi connectivity index (χ2n) is 4.80. The van der Waals surface area contributed by atoms with Crippen molar-refractivity contribution >= 4 is 22.9 Å². The van der Waals surface area contributed by atoms with Crippen molar-refractivity contribution in [2.45, 2.75) is 19.7 Å². The van der Waals surface area contributed by atoms with Gasteiger partial charge in [-0.2, -0.15) is 13.2 Å². The molecule has 1 aromatic heterocycles. The fourth-order valence-electron chi connectivity index (χ4n) is 2.03. The second kappa shape index (κ2) is 7.10. The lowest BCUT2D eigenvalue weighted by Gasteiger charge is -2.23. The van der Waals surface area contributed by atoms with Gasteiger partial charge in [-0.1, -0.05) is 18.2 Å². The van der Waals surface area contributed by atoms with Gasteiger partial charge in [0.25, 0.3) is 5.91 Å². The van der Waals surface area contributed by atoms with Gasteiger partial charge in [-0.05, 0) is 19.1 Å². The van der Waals surface area contributed by atoms with E-state index in [9.17, 15) is 18.0 Å². The van der Waals surface area contributed by atoms with Gasteiger partial charge in [0, 0.05) is 12.8 Å². The summed E-state index contributed by atoms with van der Waals surface area (Å²) in [5.41, 5.74) is 0.589. The van der Waals surface area contributed by atoms with Crippen molar-refractivity contribution in [1.82, 2.24) is 4.98 Å². The third-order valence-corrected chi connectivity index (χ3v) is 4.07. The first kappa shape index (κ1) is 17.4. The smallest absolute Gasteiger partial charge is 0.378 e.